The van der Waals surface area contributed by atoms with Gasteiger partial charge in [0.15, 0.2) is 0 Å². The van der Waals surface area contributed by atoms with Gasteiger partial charge in [0.1, 0.15) is 0 Å². The van der Waals surface area contributed by atoms with Crippen LogP contribution in [0.15, 0.2) is 61.2 Å². The van der Waals surface area contributed by atoms with E-state index in [1.807, 2.05) is 36.4 Å². The van der Waals surface area contributed by atoms with Crippen molar-refractivity contribution in [3.8, 4) is 11.4 Å². The maximum absolute atomic E-state index is 4.67. The zero-order valence-electron chi connectivity index (χ0n) is 9.85. The van der Waals surface area contributed by atoms with Crippen LogP contribution in [0, 0.1) is 6.33 Å². The molecule has 0 radical (unpaired) electrons. The van der Waals surface area contributed by atoms with Gasteiger partial charge in [-0.25, -0.2) is 0 Å². The number of rotatable bonds is 1. The quantitative estimate of drug-likeness (QED) is 0.582. The third kappa shape index (κ3) is 6.24. The summed E-state index contributed by atoms with van der Waals surface area (Å²) in [5, 5.41) is 0. The second kappa shape index (κ2) is 10.4. The summed E-state index contributed by atoms with van der Waals surface area (Å²) in [5.74, 6) is 0. The molecule has 4 nitrogen and oxygen atoms in total. The molecule has 0 spiro atoms. The molecular formula is C13H11ClN4Os-. The van der Waals surface area contributed by atoms with Crippen molar-refractivity contribution in [2.75, 3.05) is 0 Å². The molecule has 0 unspecified atom stereocenters. The summed E-state index contributed by atoms with van der Waals surface area (Å²) >= 11 is 1.33. The van der Waals surface area contributed by atoms with E-state index < -0.39 is 0 Å². The van der Waals surface area contributed by atoms with E-state index in [-0.39, 0.29) is 0 Å². The van der Waals surface area contributed by atoms with E-state index >= 15 is 0 Å². The fraction of sp³-hybridized carbons (Fsp3) is 0. The Morgan fingerprint density at radius 1 is 0.895 bits per heavy atom. The number of nitrogens with zero attached hydrogens (tertiary/aromatic N) is 3. The van der Waals surface area contributed by atoms with Gasteiger partial charge in [-0.2, -0.15) is 0 Å². The first-order valence-electron chi connectivity index (χ1n) is 5.28. The molecule has 0 amide bonds. The minimum Gasteiger partial charge on any atom is -0.467 e. The van der Waals surface area contributed by atoms with Crippen LogP contribution in [0.4, 0.5) is 0 Å². The Morgan fingerprint density at radius 3 is 1.74 bits per heavy atom. The summed E-state index contributed by atoms with van der Waals surface area (Å²) in [6, 6.07) is 11.6. The predicted molar refractivity (Wildman–Crippen MR) is 70.7 cm³/mol. The molecule has 3 rings (SSSR count). The molecule has 0 aliphatic carbocycles. The van der Waals surface area contributed by atoms with Crippen LogP contribution in [0.25, 0.3) is 11.4 Å². The fourth-order valence-electron chi connectivity index (χ4n) is 1.21. The molecule has 0 atom stereocenters. The predicted octanol–water partition coefficient (Wildman–Crippen LogP) is 3.04. The van der Waals surface area contributed by atoms with Crippen LogP contribution in [0.1, 0.15) is 0 Å². The summed E-state index contributed by atoms with van der Waals surface area (Å²) < 4.78 is 0. The second-order valence-corrected chi connectivity index (χ2v) is 3.13. The van der Waals surface area contributed by atoms with E-state index in [4.69, 9.17) is 0 Å². The topological polar surface area (TPSA) is 54.5 Å². The fourth-order valence-corrected chi connectivity index (χ4v) is 1.21. The van der Waals surface area contributed by atoms with Crippen molar-refractivity contribution in [1.29, 1.82) is 0 Å². The number of nitrogens with one attached hydrogen (secondary N) is 1. The Bertz CT molecular complexity index is 462. The number of halogens is 1. The normalized spacial score (nSPS) is 8.53. The molecule has 0 aliphatic heterocycles. The summed E-state index contributed by atoms with van der Waals surface area (Å²) in [4.78, 5) is 14.5. The van der Waals surface area contributed by atoms with Crippen LogP contribution in [-0.4, -0.2) is 19.9 Å². The monoisotopic (exact) mass is 450 g/mol. The van der Waals surface area contributed by atoms with Crippen molar-refractivity contribution in [2.45, 2.75) is 0 Å². The Morgan fingerprint density at radius 2 is 1.47 bits per heavy atom. The molecule has 19 heavy (non-hydrogen) atoms. The van der Waals surface area contributed by atoms with Crippen molar-refractivity contribution in [1.82, 2.24) is 19.9 Å². The third-order valence-corrected chi connectivity index (χ3v) is 1.95. The van der Waals surface area contributed by atoms with Crippen molar-refractivity contribution in [3.05, 3.63) is 67.5 Å². The van der Waals surface area contributed by atoms with E-state index in [0.29, 0.717) is 0 Å². The first-order valence-corrected chi connectivity index (χ1v) is 8.43. The van der Waals surface area contributed by atoms with Crippen LogP contribution in [0.3, 0.4) is 0 Å². The van der Waals surface area contributed by atoms with Crippen molar-refractivity contribution < 1.29 is 17.6 Å². The van der Waals surface area contributed by atoms with Gasteiger partial charge >= 0.3 is 27.2 Å². The van der Waals surface area contributed by atoms with Gasteiger partial charge in [-0.1, -0.05) is 12.1 Å². The van der Waals surface area contributed by atoms with Crippen LogP contribution in [0.2, 0.25) is 0 Å². The minimum atomic E-state index is 0.915. The van der Waals surface area contributed by atoms with E-state index in [2.05, 4.69) is 35.9 Å². The maximum Gasteiger partial charge on any atom is 0.0886 e. The molecule has 0 aliphatic rings. The van der Waals surface area contributed by atoms with Crippen molar-refractivity contribution in [3.63, 3.8) is 0 Å². The minimum absolute atomic E-state index is 0.915. The van der Waals surface area contributed by atoms with Gasteiger partial charge in [0.2, 0.25) is 0 Å². The van der Waals surface area contributed by atoms with Crippen molar-refractivity contribution in [2.24, 2.45) is 0 Å². The van der Waals surface area contributed by atoms with E-state index in [1.54, 1.807) is 24.8 Å². The van der Waals surface area contributed by atoms with Crippen molar-refractivity contribution >= 4 is 9.64 Å². The Labute approximate surface area is 126 Å². The molecule has 1 N–H and O–H groups in total. The van der Waals surface area contributed by atoms with Gasteiger partial charge in [-0.15, -0.1) is 12.4 Å². The number of aromatic nitrogens is 4. The molecular weight excluding hydrogens is 438 g/mol. The van der Waals surface area contributed by atoms with Gasteiger partial charge < -0.3 is 9.97 Å². The van der Waals surface area contributed by atoms with Gasteiger partial charge in [-0.05, 0) is 30.6 Å². The molecule has 3 heterocycles. The summed E-state index contributed by atoms with van der Waals surface area (Å²) in [5.41, 5.74) is 1.83. The number of hydrogen-bond acceptors (Lipinski definition) is 3. The average Bonchev–Trinajstić information content (AvgIpc) is 3.11. The van der Waals surface area contributed by atoms with Crippen LogP contribution in [0.5, 0.6) is 0 Å². The maximum atomic E-state index is 4.67. The largest absolute Gasteiger partial charge is 0.467 e. The Hall–Kier alpha value is -1.56. The smallest absolute Gasteiger partial charge is 0.0886 e. The summed E-state index contributed by atoms with van der Waals surface area (Å²) in [7, 11) is 4.67. The van der Waals surface area contributed by atoms with Gasteiger partial charge in [0, 0.05) is 12.4 Å². The van der Waals surface area contributed by atoms with Crippen LogP contribution >= 0.6 is 9.64 Å². The SMILES string of the molecule is [Cl][Os].[c-]1ncc[nH]1.c1ccc(-c2ccccn2)nc1. The number of pyridine rings is 2. The Balaban J connectivity index is 0.000000216. The molecule has 3 aromatic rings. The third-order valence-electron chi connectivity index (χ3n) is 1.95. The number of imidazole rings is 1. The molecule has 6 heteroatoms. The average molecular weight is 449 g/mol. The number of H-pyrrole nitrogens is 1. The van der Waals surface area contributed by atoms with Gasteiger partial charge in [0.05, 0.1) is 11.4 Å². The first-order chi connectivity index (χ1) is 9.47. The van der Waals surface area contributed by atoms with Gasteiger partial charge in [-0.3, -0.25) is 9.97 Å². The van der Waals surface area contributed by atoms with Crippen LogP contribution < -0.4 is 0 Å². The standard InChI is InChI=1S/C10H8N2.C3H3N2.ClH.Os/c1-3-7-11-9(5-1)10-6-2-4-8-12-10;1-2-5-3-4-1;;/h1-8H;1-2H,(H,4,5);1H;/q;-1;;+1/p-1. The second-order valence-electron chi connectivity index (χ2n) is 3.13. The van der Waals surface area contributed by atoms with E-state index in [0.717, 1.165) is 11.4 Å². The molecule has 0 bridgehead atoms. The van der Waals surface area contributed by atoms with Gasteiger partial charge in [0.25, 0.3) is 0 Å². The van der Waals surface area contributed by atoms with E-state index in [1.165, 1.54) is 17.6 Å². The van der Waals surface area contributed by atoms with Crippen LogP contribution in [-0.2, 0) is 17.6 Å². The molecule has 0 saturated heterocycles. The molecule has 0 saturated carbocycles. The first kappa shape index (κ1) is 15.5. The van der Waals surface area contributed by atoms with E-state index in [9.17, 15) is 0 Å². The summed E-state index contributed by atoms with van der Waals surface area (Å²) in [6.07, 6.45) is 9.37. The summed E-state index contributed by atoms with van der Waals surface area (Å²) in [6.45, 7) is 0. The zero-order chi connectivity index (χ0) is 13.8. The number of aromatic amines is 1. The molecule has 3 aromatic heterocycles. The number of hydrogen-bond donors (Lipinski definition) is 1. The molecule has 0 fully saturated rings. The molecule has 99 valence electrons. The zero-order valence-corrected chi connectivity index (χ0v) is 13.1. The molecule has 0 aromatic carbocycles. The Kier molecular flexibility index (Phi) is 8.45.